The highest BCUT2D eigenvalue weighted by molar-refractivity contribution is 8.00. The molecule has 1 heterocycles. The van der Waals surface area contributed by atoms with Crippen molar-refractivity contribution in [2.75, 3.05) is 29.8 Å². The fourth-order valence-corrected chi connectivity index (χ4v) is 3.03. The SMILES string of the molecule is CCCOc1nc(NN)nc(SCCS(C)(=O)=O)n1. The van der Waals surface area contributed by atoms with E-state index in [-0.39, 0.29) is 17.7 Å². The van der Waals surface area contributed by atoms with Gasteiger partial charge in [-0.1, -0.05) is 18.7 Å². The number of ether oxygens (including phenoxy) is 1. The summed E-state index contributed by atoms with van der Waals surface area (Å²) in [4.78, 5) is 12.0. The third-order valence-electron chi connectivity index (χ3n) is 1.84. The van der Waals surface area contributed by atoms with Crippen LogP contribution in [0.15, 0.2) is 5.16 Å². The molecule has 0 unspecified atom stereocenters. The fourth-order valence-electron chi connectivity index (χ4n) is 1.01. The predicted molar refractivity (Wildman–Crippen MR) is 73.9 cm³/mol. The first-order chi connectivity index (χ1) is 8.94. The van der Waals surface area contributed by atoms with Gasteiger partial charge in [0.2, 0.25) is 5.95 Å². The smallest absolute Gasteiger partial charge is 0.322 e. The van der Waals surface area contributed by atoms with Crippen LogP contribution in [0.3, 0.4) is 0 Å². The van der Waals surface area contributed by atoms with E-state index < -0.39 is 9.84 Å². The van der Waals surface area contributed by atoms with E-state index in [4.69, 9.17) is 10.6 Å². The zero-order chi connectivity index (χ0) is 14.3. The quantitative estimate of drug-likeness (QED) is 0.391. The summed E-state index contributed by atoms with van der Waals surface area (Å²) < 4.78 is 27.4. The molecule has 10 heteroatoms. The third-order valence-corrected chi connectivity index (χ3v) is 3.90. The maximum Gasteiger partial charge on any atom is 0.322 e. The van der Waals surface area contributed by atoms with Crippen LogP contribution in [0.4, 0.5) is 5.95 Å². The van der Waals surface area contributed by atoms with E-state index in [9.17, 15) is 8.42 Å². The van der Waals surface area contributed by atoms with Crippen molar-refractivity contribution in [1.82, 2.24) is 15.0 Å². The average molecular weight is 307 g/mol. The minimum Gasteiger partial charge on any atom is -0.463 e. The van der Waals surface area contributed by atoms with Crippen LogP contribution in [0.2, 0.25) is 0 Å². The van der Waals surface area contributed by atoms with E-state index in [1.807, 2.05) is 6.92 Å². The summed E-state index contributed by atoms with van der Waals surface area (Å²) in [5.41, 5.74) is 2.32. The van der Waals surface area contributed by atoms with E-state index in [0.29, 0.717) is 17.5 Å². The molecule has 0 spiro atoms. The molecule has 0 aliphatic heterocycles. The van der Waals surface area contributed by atoms with E-state index in [1.54, 1.807) is 0 Å². The van der Waals surface area contributed by atoms with Crippen molar-refractivity contribution < 1.29 is 13.2 Å². The van der Waals surface area contributed by atoms with Crippen LogP contribution in [-0.2, 0) is 9.84 Å². The van der Waals surface area contributed by atoms with Gasteiger partial charge in [-0.3, -0.25) is 5.43 Å². The van der Waals surface area contributed by atoms with Crippen LogP contribution in [-0.4, -0.2) is 47.7 Å². The Morgan fingerprint density at radius 2 is 2.11 bits per heavy atom. The number of nitrogens with two attached hydrogens (primary N) is 1. The second kappa shape index (κ2) is 7.46. The molecule has 0 aliphatic carbocycles. The highest BCUT2D eigenvalue weighted by Crippen LogP contribution is 2.17. The van der Waals surface area contributed by atoms with Gasteiger partial charge in [-0.15, -0.1) is 0 Å². The molecule has 3 N–H and O–H groups in total. The summed E-state index contributed by atoms with van der Waals surface area (Å²) in [6.45, 7) is 2.45. The normalized spacial score (nSPS) is 11.3. The lowest BCUT2D eigenvalue weighted by atomic mass is 10.5. The molecule has 1 rings (SSSR count). The molecular formula is C9H17N5O3S2. The van der Waals surface area contributed by atoms with Crippen molar-refractivity contribution in [3.8, 4) is 6.01 Å². The minimum absolute atomic E-state index is 0.0554. The number of nitrogen functional groups attached to an aromatic ring is 1. The third kappa shape index (κ3) is 6.55. The second-order valence-corrected chi connectivity index (χ2v) is 7.02. The number of hydrogen-bond acceptors (Lipinski definition) is 9. The van der Waals surface area contributed by atoms with Crippen molar-refractivity contribution >= 4 is 27.5 Å². The number of nitrogens with zero attached hydrogens (tertiary/aromatic N) is 3. The summed E-state index contributed by atoms with van der Waals surface area (Å²) >= 11 is 1.21. The lowest BCUT2D eigenvalue weighted by Gasteiger charge is -2.06. The van der Waals surface area contributed by atoms with Gasteiger partial charge in [0.15, 0.2) is 5.16 Å². The van der Waals surface area contributed by atoms with Crippen molar-refractivity contribution in [2.24, 2.45) is 5.84 Å². The van der Waals surface area contributed by atoms with Gasteiger partial charge >= 0.3 is 6.01 Å². The van der Waals surface area contributed by atoms with E-state index in [0.717, 1.165) is 6.42 Å². The lowest BCUT2D eigenvalue weighted by molar-refractivity contribution is 0.288. The summed E-state index contributed by atoms with van der Waals surface area (Å²) in [5, 5.41) is 0.373. The molecule has 0 aromatic carbocycles. The number of rotatable bonds is 8. The first-order valence-corrected chi connectivity index (χ1v) is 8.65. The molecule has 0 bridgehead atoms. The largest absolute Gasteiger partial charge is 0.463 e. The highest BCUT2D eigenvalue weighted by Gasteiger charge is 2.09. The van der Waals surface area contributed by atoms with Crippen molar-refractivity contribution in [3.05, 3.63) is 0 Å². The Morgan fingerprint density at radius 3 is 2.68 bits per heavy atom. The van der Waals surface area contributed by atoms with Crippen molar-refractivity contribution in [1.29, 1.82) is 0 Å². The van der Waals surface area contributed by atoms with Crippen LogP contribution in [0.1, 0.15) is 13.3 Å². The number of hydrogen-bond donors (Lipinski definition) is 2. The van der Waals surface area contributed by atoms with Gasteiger partial charge in [0.1, 0.15) is 9.84 Å². The fraction of sp³-hybridized carbons (Fsp3) is 0.667. The molecule has 0 saturated carbocycles. The Labute approximate surface area is 116 Å². The Morgan fingerprint density at radius 1 is 1.37 bits per heavy atom. The first-order valence-electron chi connectivity index (χ1n) is 5.60. The van der Waals surface area contributed by atoms with Gasteiger partial charge in [-0.25, -0.2) is 14.3 Å². The second-order valence-electron chi connectivity index (χ2n) is 3.70. The summed E-state index contributed by atoms with van der Waals surface area (Å²) in [7, 11) is -3.00. The molecule has 0 aliphatic rings. The van der Waals surface area contributed by atoms with Crippen LogP contribution in [0.5, 0.6) is 6.01 Å². The van der Waals surface area contributed by atoms with Gasteiger partial charge in [0.25, 0.3) is 0 Å². The molecule has 1 aromatic rings. The Hall–Kier alpha value is -1.13. The highest BCUT2D eigenvalue weighted by atomic mass is 32.2. The molecule has 1 aromatic heterocycles. The molecule has 0 atom stereocenters. The van der Waals surface area contributed by atoms with Gasteiger partial charge in [-0.2, -0.15) is 15.0 Å². The number of sulfone groups is 1. The van der Waals surface area contributed by atoms with E-state index in [1.165, 1.54) is 18.0 Å². The molecule has 8 nitrogen and oxygen atoms in total. The zero-order valence-electron chi connectivity index (χ0n) is 10.8. The van der Waals surface area contributed by atoms with Crippen molar-refractivity contribution in [3.63, 3.8) is 0 Å². The Bertz CT molecular complexity index is 509. The molecule has 108 valence electrons. The first kappa shape index (κ1) is 15.9. The number of hydrazine groups is 1. The van der Waals surface area contributed by atoms with Crippen LogP contribution in [0.25, 0.3) is 0 Å². The van der Waals surface area contributed by atoms with Gasteiger partial charge in [0.05, 0.1) is 12.4 Å². The predicted octanol–water partition coefficient (Wildman–Crippen LogP) is 0.0827. The molecule has 0 radical (unpaired) electrons. The molecule has 0 fully saturated rings. The topological polar surface area (TPSA) is 120 Å². The maximum atomic E-state index is 11.0. The number of thioether (sulfide) groups is 1. The lowest BCUT2D eigenvalue weighted by Crippen LogP contribution is -2.13. The zero-order valence-corrected chi connectivity index (χ0v) is 12.4. The standard InChI is InChI=1S/C9H17N5O3S2/c1-3-4-17-8-11-7(14-10)12-9(13-8)18-5-6-19(2,15)16/h3-6,10H2,1-2H3,(H,11,12,13,14). The van der Waals surface area contributed by atoms with Gasteiger partial charge in [-0.05, 0) is 6.42 Å². The molecule has 0 saturated heterocycles. The monoisotopic (exact) mass is 307 g/mol. The Kier molecular flexibility index (Phi) is 6.25. The minimum atomic E-state index is -3.00. The number of nitrogens with one attached hydrogen (secondary N) is 1. The van der Waals surface area contributed by atoms with Crippen LogP contribution >= 0.6 is 11.8 Å². The van der Waals surface area contributed by atoms with E-state index in [2.05, 4.69) is 20.4 Å². The molecule has 19 heavy (non-hydrogen) atoms. The van der Waals surface area contributed by atoms with Gasteiger partial charge in [0, 0.05) is 12.0 Å². The van der Waals surface area contributed by atoms with Crippen LogP contribution in [0, 0.1) is 0 Å². The van der Waals surface area contributed by atoms with Crippen LogP contribution < -0.4 is 16.0 Å². The van der Waals surface area contributed by atoms with E-state index >= 15 is 0 Å². The number of anilines is 1. The Balaban J connectivity index is 2.70. The van der Waals surface area contributed by atoms with Crippen molar-refractivity contribution in [2.45, 2.75) is 18.5 Å². The average Bonchev–Trinajstić information content (AvgIpc) is 2.34. The van der Waals surface area contributed by atoms with Gasteiger partial charge < -0.3 is 4.74 Å². The molecule has 0 amide bonds. The summed E-state index contributed by atoms with van der Waals surface area (Å²) in [6, 6.07) is 0.173. The summed E-state index contributed by atoms with van der Waals surface area (Å²) in [5.74, 6) is 5.85. The maximum absolute atomic E-state index is 11.0. The number of aromatic nitrogens is 3. The summed E-state index contributed by atoms with van der Waals surface area (Å²) in [6.07, 6.45) is 2.01. The molecular weight excluding hydrogens is 290 g/mol.